The highest BCUT2D eigenvalue weighted by molar-refractivity contribution is 6.25. The van der Waals surface area contributed by atoms with Gasteiger partial charge >= 0.3 is 5.97 Å². The average Bonchev–Trinajstić information content (AvgIpc) is 4.18. The van der Waals surface area contributed by atoms with Crippen LogP contribution in [-0.2, 0) is 27.6 Å². The Morgan fingerprint density at radius 3 is 1.72 bits per heavy atom. The van der Waals surface area contributed by atoms with Crippen molar-refractivity contribution in [2.45, 2.75) is 114 Å². The summed E-state index contributed by atoms with van der Waals surface area (Å²) in [5, 5.41) is 18.7. The van der Waals surface area contributed by atoms with Gasteiger partial charge in [0.1, 0.15) is 16.8 Å². The van der Waals surface area contributed by atoms with E-state index in [2.05, 4.69) is 70.6 Å². The molecule has 3 aliphatic rings. The zero-order valence-corrected chi connectivity index (χ0v) is 38.5. The van der Waals surface area contributed by atoms with Crippen molar-refractivity contribution in [3.8, 4) is 6.07 Å². The number of carboxylic acid groups (broad SMARTS) is 1. The number of carboxylic acids is 1. The minimum atomic E-state index is -1.21. The Morgan fingerprint density at radius 1 is 0.731 bits per heavy atom. The first-order chi connectivity index (χ1) is 32.4. The first-order valence-corrected chi connectivity index (χ1v) is 23.2. The van der Waals surface area contributed by atoms with Crippen LogP contribution < -0.4 is 11.2 Å². The standard InChI is InChI=1S/C21H20N2O3.C12H17N.C12H13N.C11H10FNO2/c24-19-16(20(25)26)13-23(17-9-6-12-22-18(17)19)14-21(10-4-5-11-21)15-7-2-1-3-8-15;2*13-10-12(8-4-5-9-12)11-6-2-1-3-7-11;1-3-8(7(2)14)11(15)10-9(12)5-4-6-13-10/h1-3,6-9,12-13H,4-5,10-11,14H2,(H,25,26);1-3,6-7H,4-5,8-10,13H2;1-3,6-7H,4-5,8-9H2;3-6H,1-2H3. The summed E-state index contributed by atoms with van der Waals surface area (Å²) in [7, 11) is 0. The Labute approximate surface area is 392 Å². The number of allylic oxidation sites excluding steroid dienone is 2. The van der Waals surface area contributed by atoms with Gasteiger partial charge in [-0.05, 0) is 93.3 Å². The number of ketones is 2. The van der Waals surface area contributed by atoms with Crippen LogP contribution in [0.2, 0.25) is 0 Å². The van der Waals surface area contributed by atoms with E-state index >= 15 is 0 Å². The second-order valence-electron chi connectivity index (χ2n) is 17.8. The maximum atomic E-state index is 13.2. The minimum Gasteiger partial charge on any atom is -0.477 e. The first-order valence-electron chi connectivity index (χ1n) is 23.2. The fourth-order valence-electron chi connectivity index (χ4n) is 10.0. The molecule has 9 rings (SSSR count). The van der Waals surface area contributed by atoms with Crippen LogP contribution in [0.3, 0.4) is 0 Å². The van der Waals surface area contributed by atoms with E-state index in [4.69, 9.17) is 5.73 Å². The molecule has 3 aromatic heterocycles. The lowest BCUT2D eigenvalue weighted by Gasteiger charge is -2.31. The monoisotopic (exact) mass is 901 g/mol. The third kappa shape index (κ3) is 11.6. The summed E-state index contributed by atoms with van der Waals surface area (Å²) in [6, 6.07) is 40.0. The Hall–Kier alpha value is -6.90. The fraction of sp³-hybridized carbons (Fsp3) is 0.339. The zero-order chi connectivity index (χ0) is 47.9. The normalized spacial score (nSPS) is 16.5. The summed E-state index contributed by atoms with van der Waals surface area (Å²) in [4.78, 5) is 54.5. The second kappa shape index (κ2) is 23.0. The van der Waals surface area contributed by atoms with Gasteiger partial charge in [-0.1, -0.05) is 136 Å². The number of aromatic nitrogens is 3. The smallest absolute Gasteiger partial charge is 0.341 e. The third-order valence-corrected chi connectivity index (χ3v) is 13.7. The summed E-state index contributed by atoms with van der Waals surface area (Å²) in [6.07, 6.45) is 19.8. The van der Waals surface area contributed by atoms with Crippen molar-refractivity contribution in [1.82, 2.24) is 14.5 Å². The Balaban J connectivity index is 0.000000156. The molecule has 346 valence electrons. The van der Waals surface area contributed by atoms with Gasteiger partial charge in [0.25, 0.3) is 0 Å². The topological polar surface area (TPSA) is 169 Å². The van der Waals surface area contributed by atoms with Gasteiger partial charge in [0.05, 0.1) is 22.6 Å². The van der Waals surface area contributed by atoms with Crippen LogP contribution in [0.4, 0.5) is 4.39 Å². The number of nitrogens with two attached hydrogens (primary N) is 1. The van der Waals surface area contributed by atoms with Gasteiger partial charge < -0.3 is 15.4 Å². The quantitative estimate of drug-likeness (QED) is 0.0588. The number of hydrogen-bond acceptors (Lipinski definition) is 8. The van der Waals surface area contributed by atoms with Crippen LogP contribution in [0.15, 0.2) is 150 Å². The Kier molecular flexibility index (Phi) is 17.0. The van der Waals surface area contributed by atoms with E-state index in [1.54, 1.807) is 13.0 Å². The number of halogens is 1. The summed E-state index contributed by atoms with van der Waals surface area (Å²) in [6.45, 7) is 4.25. The van der Waals surface area contributed by atoms with Gasteiger partial charge in [0, 0.05) is 42.5 Å². The predicted octanol–water partition coefficient (Wildman–Crippen LogP) is 11.0. The van der Waals surface area contributed by atoms with Crippen LogP contribution in [0.1, 0.15) is 128 Å². The number of aromatic carboxylic acids is 1. The molecule has 3 fully saturated rings. The molecule has 0 spiro atoms. The van der Waals surface area contributed by atoms with Gasteiger partial charge in [-0.3, -0.25) is 19.4 Å². The number of Topliss-reactive ketones (excluding diaryl/α,β-unsaturated/α-hetero) is 2. The van der Waals surface area contributed by atoms with Crippen LogP contribution in [0, 0.1) is 17.1 Å². The summed E-state index contributed by atoms with van der Waals surface area (Å²) < 4.78 is 15.1. The van der Waals surface area contributed by atoms with Crippen molar-refractivity contribution in [2.24, 2.45) is 5.73 Å². The van der Waals surface area contributed by atoms with Gasteiger partial charge in [0.2, 0.25) is 11.2 Å². The van der Waals surface area contributed by atoms with E-state index in [1.807, 2.05) is 47.0 Å². The molecule has 3 aromatic carbocycles. The summed E-state index contributed by atoms with van der Waals surface area (Å²) >= 11 is 0. The number of hydrogen-bond donors (Lipinski definition) is 2. The molecule has 3 N–H and O–H groups in total. The highest BCUT2D eigenvalue weighted by Gasteiger charge is 2.37. The van der Waals surface area contributed by atoms with Crippen molar-refractivity contribution in [3.05, 3.63) is 189 Å². The average molecular weight is 902 g/mol. The lowest BCUT2D eigenvalue weighted by molar-refractivity contribution is -0.113. The van der Waals surface area contributed by atoms with Crippen LogP contribution in [0.5, 0.6) is 0 Å². The van der Waals surface area contributed by atoms with E-state index in [0.29, 0.717) is 17.5 Å². The van der Waals surface area contributed by atoms with Crippen LogP contribution in [0.25, 0.3) is 11.0 Å². The number of nitriles is 1. The SMILES string of the molecule is CC=C(C(C)=O)C(=O)c1ncccc1F.N#CC1(c2ccccc2)CCCC1.NCC1(c2ccccc2)CCCC1.O=C(O)c1cn(CC2(c3ccccc3)CCCC2)c2cccnc2c1=O. The minimum absolute atomic E-state index is 0.0468. The van der Waals surface area contributed by atoms with Crippen LogP contribution >= 0.6 is 0 Å². The van der Waals surface area contributed by atoms with Crippen molar-refractivity contribution in [1.29, 1.82) is 5.26 Å². The maximum absolute atomic E-state index is 13.2. The van der Waals surface area contributed by atoms with Crippen molar-refractivity contribution in [2.75, 3.05) is 6.54 Å². The molecule has 0 aliphatic heterocycles. The molecular formula is C56H60FN5O5. The number of pyridine rings is 3. The molecule has 3 heterocycles. The predicted molar refractivity (Wildman–Crippen MR) is 260 cm³/mol. The van der Waals surface area contributed by atoms with Gasteiger partial charge in [0.15, 0.2) is 11.6 Å². The van der Waals surface area contributed by atoms with Gasteiger partial charge in [-0.15, -0.1) is 0 Å². The highest BCUT2D eigenvalue weighted by Crippen LogP contribution is 2.43. The lowest BCUT2D eigenvalue weighted by Crippen LogP contribution is -2.31. The molecule has 3 aliphatic carbocycles. The highest BCUT2D eigenvalue weighted by atomic mass is 19.1. The number of fused-ring (bicyclic) bond motifs is 1. The summed E-state index contributed by atoms with van der Waals surface area (Å²) in [5.74, 6) is -3.00. The van der Waals surface area contributed by atoms with E-state index in [-0.39, 0.29) is 33.2 Å². The fourth-order valence-corrected chi connectivity index (χ4v) is 10.0. The van der Waals surface area contributed by atoms with Gasteiger partial charge in [-0.2, -0.15) is 5.26 Å². The third-order valence-electron chi connectivity index (χ3n) is 13.7. The number of rotatable bonds is 10. The molecule has 0 atom stereocenters. The molecule has 0 saturated heterocycles. The van der Waals surface area contributed by atoms with E-state index < -0.39 is 28.8 Å². The van der Waals surface area contributed by atoms with Crippen molar-refractivity contribution >= 4 is 28.6 Å². The molecule has 0 bridgehead atoms. The largest absolute Gasteiger partial charge is 0.477 e. The van der Waals surface area contributed by atoms with Crippen molar-refractivity contribution in [3.63, 3.8) is 0 Å². The number of carbonyl (C=O) groups excluding carboxylic acids is 2. The van der Waals surface area contributed by atoms with Crippen LogP contribution in [-0.4, -0.2) is 43.7 Å². The lowest BCUT2D eigenvalue weighted by atomic mass is 9.78. The molecular weight excluding hydrogens is 842 g/mol. The molecule has 0 amide bonds. The van der Waals surface area contributed by atoms with Crippen molar-refractivity contribution < 1.29 is 23.9 Å². The van der Waals surface area contributed by atoms with Gasteiger partial charge in [-0.25, -0.2) is 14.2 Å². The first kappa shape index (κ1) is 49.5. The molecule has 67 heavy (non-hydrogen) atoms. The number of nitrogens with zero attached hydrogens (tertiary/aromatic N) is 4. The molecule has 0 radical (unpaired) electrons. The maximum Gasteiger partial charge on any atom is 0.341 e. The zero-order valence-electron chi connectivity index (χ0n) is 38.5. The van der Waals surface area contributed by atoms with E-state index in [0.717, 1.165) is 51.1 Å². The summed E-state index contributed by atoms with van der Waals surface area (Å²) in [5.41, 5.74) is 9.69. The number of carbonyl (C=O) groups is 3. The van der Waals surface area contributed by atoms with E-state index in [9.17, 15) is 33.9 Å². The Bertz CT molecular complexity index is 2750. The second-order valence-corrected chi connectivity index (χ2v) is 17.8. The molecule has 6 aromatic rings. The molecule has 11 heteroatoms. The molecule has 10 nitrogen and oxygen atoms in total. The number of benzene rings is 3. The van der Waals surface area contributed by atoms with E-state index in [1.165, 1.54) is 92.9 Å². The molecule has 3 saturated carbocycles. The Morgan fingerprint density at radius 2 is 1.22 bits per heavy atom. The molecule has 0 unspecified atom stereocenters.